The van der Waals surface area contributed by atoms with Crippen molar-refractivity contribution in [1.82, 2.24) is 10.2 Å². The number of carbonyl (C=O) groups is 1. The van der Waals surface area contributed by atoms with Crippen molar-refractivity contribution in [2.75, 3.05) is 41.1 Å². The summed E-state index contributed by atoms with van der Waals surface area (Å²) in [6.07, 6.45) is 13.6. The molecule has 3 atom stereocenters. The normalized spacial score (nSPS) is 20.6. The highest BCUT2D eigenvalue weighted by Crippen LogP contribution is 2.28. The number of thiol groups is 1. The van der Waals surface area contributed by atoms with Crippen LogP contribution >= 0.6 is 12.6 Å². The lowest BCUT2D eigenvalue weighted by Crippen LogP contribution is -2.50. The van der Waals surface area contributed by atoms with E-state index in [0.717, 1.165) is 42.8 Å². The van der Waals surface area contributed by atoms with Crippen molar-refractivity contribution in [2.24, 2.45) is 0 Å². The number of carbonyl (C=O) groups excluding carboxylic acids is 1. The fraction of sp³-hybridized carbons (Fsp3) is 0.679. The van der Waals surface area contributed by atoms with E-state index in [0.29, 0.717) is 18.9 Å². The molecular weight excluding hydrogens is 476 g/mol. The summed E-state index contributed by atoms with van der Waals surface area (Å²) >= 11 is 4.66. The standard InChI is InChI=1S/C26H42N2O5S.C2H6/c1-19(31-4)24(32-5)17-22(13-16-30-3)26(27-14-12-21-9-6-7-11-25(21)34)28(20(2)29)18-23-10-8-15-33-23;1-2/h12-14,17,19,23,26-27,34H,6-11,15-16,18H2,1-5H3;1-2H3/b14-12+,22-13+,24-17+;. The molecule has 0 aromatic heterocycles. The second kappa shape index (κ2) is 18.5. The highest BCUT2D eigenvalue weighted by atomic mass is 32.1. The average Bonchev–Trinajstić information content (AvgIpc) is 3.41. The Morgan fingerprint density at radius 2 is 1.94 bits per heavy atom. The Bertz CT molecular complexity index is 772. The third-order valence-corrected chi connectivity index (χ3v) is 6.77. The van der Waals surface area contributed by atoms with Crippen LogP contribution in [-0.4, -0.2) is 70.3 Å². The number of nitrogens with one attached hydrogen (secondary N) is 1. The highest BCUT2D eigenvalue weighted by molar-refractivity contribution is 7.84. The van der Waals surface area contributed by atoms with Crippen LogP contribution in [0.15, 0.2) is 46.2 Å². The minimum Gasteiger partial charge on any atom is -0.498 e. The van der Waals surface area contributed by atoms with Gasteiger partial charge in [-0.15, -0.1) is 12.6 Å². The molecule has 1 aliphatic carbocycles. The van der Waals surface area contributed by atoms with Crippen LogP contribution in [0.25, 0.3) is 0 Å². The molecule has 0 spiro atoms. The molecule has 1 aliphatic heterocycles. The Kier molecular flexibility index (Phi) is 16.6. The molecule has 1 amide bonds. The Balaban J connectivity index is 0.00000316. The van der Waals surface area contributed by atoms with E-state index in [4.69, 9.17) is 18.9 Å². The molecule has 2 rings (SSSR count). The lowest BCUT2D eigenvalue weighted by molar-refractivity contribution is -0.132. The molecule has 1 saturated heterocycles. The van der Waals surface area contributed by atoms with Crippen molar-refractivity contribution < 1.29 is 23.7 Å². The lowest BCUT2D eigenvalue weighted by Gasteiger charge is -2.34. The quantitative estimate of drug-likeness (QED) is 0.146. The van der Waals surface area contributed by atoms with Crippen molar-refractivity contribution in [3.63, 3.8) is 0 Å². The molecule has 0 aromatic carbocycles. The molecule has 1 heterocycles. The van der Waals surface area contributed by atoms with Crippen LogP contribution in [-0.2, 0) is 23.7 Å². The number of hydrogen-bond acceptors (Lipinski definition) is 7. The molecule has 7 nitrogen and oxygen atoms in total. The maximum Gasteiger partial charge on any atom is 0.221 e. The first-order chi connectivity index (χ1) is 17.4. The maximum atomic E-state index is 12.9. The van der Waals surface area contributed by atoms with Crippen LogP contribution in [0.5, 0.6) is 0 Å². The first kappa shape index (κ1) is 32.3. The molecule has 0 aromatic rings. The molecule has 1 N–H and O–H groups in total. The van der Waals surface area contributed by atoms with Gasteiger partial charge in [-0.3, -0.25) is 4.79 Å². The molecule has 36 heavy (non-hydrogen) atoms. The summed E-state index contributed by atoms with van der Waals surface area (Å²) in [5.41, 5.74) is 2.09. The molecule has 3 unspecified atom stereocenters. The van der Waals surface area contributed by atoms with E-state index >= 15 is 0 Å². The zero-order chi connectivity index (χ0) is 26.9. The molecule has 0 radical (unpaired) electrons. The minimum atomic E-state index is -0.435. The Morgan fingerprint density at radius 1 is 1.22 bits per heavy atom. The van der Waals surface area contributed by atoms with Crippen LogP contribution in [0.3, 0.4) is 0 Å². The van der Waals surface area contributed by atoms with Gasteiger partial charge in [-0.05, 0) is 79.9 Å². The van der Waals surface area contributed by atoms with E-state index in [2.05, 4.69) is 24.0 Å². The molecule has 0 saturated carbocycles. The van der Waals surface area contributed by atoms with Gasteiger partial charge in [0.05, 0.1) is 19.8 Å². The number of nitrogens with zero attached hydrogens (tertiary/aromatic N) is 1. The lowest BCUT2D eigenvalue weighted by atomic mass is 9.99. The first-order valence-corrected chi connectivity index (χ1v) is 13.6. The molecule has 2 aliphatic rings. The van der Waals surface area contributed by atoms with Gasteiger partial charge in [0.15, 0.2) is 0 Å². The van der Waals surface area contributed by atoms with Crippen molar-refractivity contribution in [3.8, 4) is 0 Å². The van der Waals surface area contributed by atoms with Crippen LogP contribution in [0, 0.1) is 0 Å². The molecule has 8 heteroatoms. The van der Waals surface area contributed by atoms with Gasteiger partial charge < -0.3 is 29.2 Å². The maximum absolute atomic E-state index is 12.9. The van der Waals surface area contributed by atoms with Gasteiger partial charge in [0.25, 0.3) is 0 Å². The van der Waals surface area contributed by atoms with Gasteiger partial charge in [-0.25, -0.2) is 0 Å². The van der Waals surface area contributed by atoms with Crippen LogP contribution in [0.2, 0.25) is 0 Å². The van der Waals surface area contributed by atoms with Crippen LogP contribution in [0.4, 0.5) is 0 Å². The predicted molar refractivity (Wildman–Crippen MR) is 150 cm³/mol. The largest absolute Gasteiger partial charge is 0.498 e. The Labute approximate surface area is 224 Å². The average molecular weight is 525 g/mol. The van der Waals surface area contributed by atoms with Gasteiger partial charge in [0.1, 0.15) is 18.0 Å². The first-order valence-electron chi connectivity index (χ1n) is 13.1. The predicted octanol–water partition coefficient (Wildman–Crippen LogP) is 5.37. The summed E-state index contributed by atoms with van der Waals surface area (Å²) < 4.78 is 22.3. The molecule has 1 fully saturated rings. The van der Waals surface area contributed by atoms with Crippen molar-refractivity contribution >= 4 is 18.5 Å². The number of amides is 1. The van der Waals surface area contributed by atoms with E-state index in [1.54, 1.807) is 28.3 Å². The number of methoxy groups -OCH3 is 3. The third kappa shape index (κ3) is 10.7. The number of allylic oxidation sites excluding steroid dienone is 3. The van der Waals surface area contributed by atoms with Gasteiger partial charge in [-0.1, -0.05) is 19.9 Å². The van der Waals surface area contributed by atoms with Crippen LogP contribution in [0.1, 0.15) is 66.2 Å². The second-order valence-corrected chi connectivity index (χ2v) is 9.22. The summed E-state index contributed by atoms with van der Waals surface area (Å²) in [6, 6.07) is 0. The third-order valence-electron chi connectivity index (χ3n) is 6.26. The topological polar surface area (TPSA) is 69.3 Å². The monoisotopic (exact) mass is 524 g/mol. The van der Waals surface area contributed by atoms with E-state index in [-0.39, 0.29) is 18.1 Å². The van der Waals surface area contributed by atoms with Gasteiger partial charge >= 0.3 is 0 Å². The van der Waals surface area contributed by atoms with Crippen molar-refractivity contribution in [2.45, 2.75) is 84.6 Å². The summed E-state index contributed by atoms with van der Waals surface area (Å²) in [6.45, 7) is 9.14. The van der Waals surface area contributed by atoms with E-state index in [1.807, 2.05) is 44.0 Å². The Hall–Kier alpha value is -1.74. The number of hydrogen-bond donors (Lipinski definition) is 2. The molecular formula is C28H48N2O5S. The SMILES string of the molecule is CC.COC/C=C(\C=C(\OC)C(C)OC)C(N/C=C/C1=C(S)CCCC1)N(CC1CCCO1)C(C)=O. The second-order valence-electron chi connectivity index (χ2n) is 8.68. The van der Waals surface area contributed by atoms with Gasteiger partial charge in [0, 0.05) is 34.3 Å². The number of rotatable bonds is 13. The van der Waals surface area contributed by atoms with E-state index in [9.17, 15) is 4.79 Å². The fourth-order valence-corrected chi connectivity index (χ4v) is 4.52. The molecule has 206 valence electrons. The summed E-state index contributed by atoms with van der Waals surface area (Å²) in [7, 11) is 4.91. The van der Waals surface area contributed by atoms with Crippen molar-refractivity contribution in [1.29, 1.82) is 0 Å². The van der Waals surface area contributed by atoms with E-state index in [1.165, 1.54) is 18.4 Å². The summed E-state index contributed by atoms with van der Waals surface area (Å²) in [5, 5.41) is 3.47. The van der Waals surface area contributed by atoms with Gasteiger partial charge in [-0.2, -0.15) is 0 Å². The van der Waals surface area contributed by atoms with Gasteiger partial charge in [0.2, 0.25) is 5.91 Å². The van der Waals surface area contributed by atoms with Crippen molar-refractivity contribution in [3.05, 3.63) is 46.2 Å². The zero-order valence-electron chi connectivity index (χ0n) is 23.3. The minimum absolute atomic E-state index is 0.0229. The Morgan fingerprint density at radius 3 is 2.50 bits per heavy atom. The highest BCUT2D eigenvalue weighted by Gasteiger charge is 2.28. The summed E-state index contributed by atoms with van der Waals surface area (Å²) in [5.74, 6) is 0.623. The number of ether oxygens (including phenoxy) is 4. The smallest absolute Gasteiger partial charge is 0.221 e. The molecule has 0 bridgehead atoms. The zero-order valence-corrected chi connectivity index (χ0v) is 24.2. The summed E-state index contributed by atoms with van der Waals surface area (Å²) in [4.78, 5) is 15.8. The van der Waals surface area contributed by atoms with E-state index < -0.39 is 6.17 Å². The van der Waals surface area contributed by atoms with Crippen LogP contribution < -0.4 is 5.32 Å². The fourth-order valence-electron chi connectivity index (χ4n) is 4.17.